The third-order valence-electron chi connectivity index (χ3n) is 0. The first-order valence-electron chi connectivity index (χ1n) is 0. The standard InChI is InChI=1S/La.Mn.4O.Sb/q+3;+2;4*-2;+3. The van der Waals surface area contributed by atoms with Gasteiger partial charge in [-0.25, -0.2) is 0 Å². The molecule has 0 aromatic carbocycles. The topological polar surface area (TPSA) is 114 Å². The molecule has 0 aliphatic rings. The summed E-state index contributed by atoms with van der Waals surface area (Å²) >= 11 is 0. The Morgan fingerprint density at radius 2 is 0.571 bits per heavy atom. The smallest absolute Gasteiger partial charge is 2.00 e. The fourth-order valence-corrected chi connectivity index (χ4v) is 0. The summed E-state index contributed by atoms with van der Waals surface area (Å²) in [7, 11) is 0. The minimum absolute atomic E-state index is 0. The van der Waals surface area contributed by atoms with Crippen LogP contribution in [0.25, 0.3) is 0 Å². The van der Waals surface area contributed by atoms with E-state index in [1.807, 2.05) is 0 Å². The summed E-state index contributed by atoms with van der Waals surface area (Å²) in [5.41, 5.74) is 0. The van der Waals surface area contributed by atoms with Gasteiger partial charge in [-0.1, -0.05) is 0 Å². The quantitative estimate of drug-likeness (QED) is 0.488. The van der Waals surface area contributed by atoms with E-state index in [1.54, 1.807) is 0 Å². The zero-order valence-corrected chi connectivity index (χ0v) is 10.4. The van der Waals surface area contributed by atoms with E-state index in [4.69, 9.17) is 0 Å². The molecule has 0 amide bonds. The van der Waals surface area contributed by atoms with Crippen LogP contribution in [0.2, 0.25) is 0 Å². The maximum Gasteiger partial charge on any atom is 3.00 e. The molecule has 0 aliphatic carbocycles. The van der Waals surface area contributed by atoms with E-state index >= 15 is 0 Å². The van der Waals surface area contributed by atoms with Crippen LogP contribution in [0.5, 0.6) is 0 Å². The Bertz CT molecular complexity index is 11.7. The van der Waals surface area contributed by atoms with Crippen molar-refractivity contribution in [3.8, 4) is 0 Å². The van der Waals surface area contributed by atoms with E-state index in [9.17, 15) is 0 Å². The third-order valence-corrected chi connectivity index (χ3v) is 0. The third kappa shape index (κ3) is 60.4. The van der Waals surface area contributed by atoms with Crippen LogP contribution in [-0.2, 0) is 39.0 Å². The second kappa shape index (κ2) is 80.8. The fraction of sp³-hybridized carbons (Fsp3) is 0. The minimum Gasteiger partial charge on any atom is -2.00 e. The molecule has 7 heavy (non-hydrogen) atoms. The number of hydrogen-bond donors (Lipinski definition) is 0. The molecule has 0 unspecified atom stereocenters. The van der Waals surface area contributed by atoms with Gasteiger partial charge in [-0.15, -0.1) is 0 Å². The Hall–Kier alpha value is 2.37. The van der Waals surface area contributed by atoms with Crippen LogP contribution in [0.1, 0.15) is 0 Å². The fourth-order valence-electron chi connectivity index (χ4n) is 0. The summed E-state index contributed by atoms with van der Waals surface area (Å²) in [6, 6.07) is 0. The van der Waals surface area contributed by atoms with E-state index in [1.165, 1.54) is 0 Å². The summed E-state index contributed by atoms with van der Waals surface area (Å²) in [5.74, 6) is 0. The van der Waals surface area contributed by atoms with Gasteiger partial charge in [-0.05, 0) is 0 Å². The molecule has 39 valence electrons. The van der Waals surface area contributed by atoms with Gasteiger partial charge in [0, 0.05) is 0 Å². The molecule has 0 atom stereocenters. The molecule has 0 aromatic rings. The van der Waals surface area contributed by atoms with Crippen molar-refractivity contribution in [1.82, 2.24) is 0 Å². The van der Waals surface area contributed by atoms with Crippen molar-refractivity contribution < 1.29 is 74.6 Å². The Morgan fingerprint density at radius 3 is 0.571 bits per heavy atom. The van der Waals surface area contributed by atoms with Crippen molar-refractivity contribution in [2.75, 3.05) is 0 Å². The second-order valence-electron chi connectivity index (χ2n) is 0. The van der Waals surface area contributed by atoms with Crippen molar-refractivity contribution in [2.45, 2.75) is 0 Å². The molecule has 3 radical (unpaired) electrons. The zero-order chi connectivity index (χ0) is 0. The van der Waals surface area contributed by atoms with Crippen LogP contribution < -0.4 is 0 Å². The average molecular weight is 380 g/mol. The van der Waals surface area contributed by atoms with E-state index in [0.29, 0.717) is 0 Å². The van der Waals surface area contributed by atoms with E-state index < -0.39 is 0 Å². The summed E-state index contributed by atoms with van der Waals surface area (Å²) < 4.78 is 0. The normalized spacial score (nSPS) is 0. The summed E-state index contributed by atoms with van der Waals surface area (Å²) in [5, 5.41) is 0. The Kier molecular flexibility index (Phi) is 1350. The Labute approximate surface area is 97.6 Å². The number of hydrogen-bond acceptors (Lipinski definition) is 0. The second-order valence-corrected chi connectivity index (χ2v) is 0. The van der Waals surface area contributed by atoms with Crippen LogP contribution >= 0.6 is 0 Å². The molecule has 0 aliphatic heterocycles. The molecule has 0 heterocycles. The molecular weight excluding hydrogens is 380 g/mol. The first-order chi connectivity index (χ1) is 0. The molecule has 0 aromatic heterocycles. The van der Waals surface area contributed by atoms with Crippen LogP contribution in [-0.4, -0.2) is 24.4 Å². The average Bonchev–Trinajstić information content (AvgIpc) is 0. The SMILES string of the molecule is [La+3].[Mn+2].[O-2].[O-2].[O-2].[O-2].[Sb+3]. The van der Waals surface area contributed by atoms with E-state index in [2.05, 4.69) is 0 Å². The predicted molar refractivity (Wildman–Crippen MR) is 8.50 cm³/mol. The molecule has 0 saturated carbocycles. The summed E-state index contributed by atoms with van der Waals surface area (Å²) in [4.78, 5) is 0. The van der Waals surface area contributed by atoms with Gasteiger partial charge in [0.1, 0.15) is 0 Å². The van der Waals surface area contributed by atoms with Crippen molar-refractivity contribution >= 4 is 24.4 Å². The molecule has 4 nitrogen and oxygen atoms in total. The molecule has 0 N–H and O–H groups in total. The van der Waals surface area contributed by atoms with Gasteiger partial charge >= 0.3 is 77.1 Å². The van der Waals surface area contributed by atoms with E-state index in [-0.39, 0.29) is 99.0 Å². The van der Waals surface area contributed by atoms with Gasteiger partial charge in [-0.3, -0.25) is 0 Å². The molecular formula is LaMnO4Sb. The van der Waals surface area contributed by atoms with Gasteiger partial charge in [0.25, 0.3) is 0 Å². The van der Waals surface area contributed by atoms with Gasteiger partial charge in [0.05, 0.1) is 0 Å². The van der Waals surface area contributed by atoms with Crippen LogP contribution in [0.4, 0.5) is 0 Å². The summed E-state index contributed by atoms with van der Waals surface area (Å²) in [6.45, 7) is 0. The maximum atomic E-state index is 0. The molecule has 0 saturated heterocycles. The van der Waals surface area contributed by atoms with Crippen molar-refractivity contribution in [3.05, 3.63) is 0 Å². The largest absolute Gasteiger partial charge is 3.00 e. The molecule has 7 heteroatoms. The monoisotopic (exact) mass is 379 g/mol. The van der Waals surface area contributed by atoms with E-state index in [0.717, 1.165) is 0 Å². The predicted octanol–water partition coefficient (Wildman–Crippen LogP) is -0.859. The van der Waals surface area contributed by atoms with Crippen LogP contribution in [0, 0.1) is 35.6 Å². The first-order valence-corrected chi connectivity index (χ1v) is 0. The maximum absolute atomic E-state index is 0. The van der Waals surface area contributed by atoms with Gasteiger partial charge in [0.15, 0.2) is 0 Å². The van der Waals surface area contributed by atoms with Crippen LogP contribution in [0.15, 0.2) is 0 Å². The first kappa shape index (κ1) is 117. The minimum atomic E-state index is 0. The zero-order valence-electron chi connectivity index (χ0n) is 3.04. The summed E-state index contributed by atoms with van der Waals surface area (Å²) in [6.07, 6.45) is 0. The molecule has 0 rings (SSSR count). The molecule has 0 bridgehead atoms. The van der Waals surface area contributed by atoms with Gasteiger partial charge < -0.3 is 21.9 Å². The van der Waals surface area contributed by atoms with Crippen molar-refractivity contribution in [3.63, 3.8) is 0 Å². The molecule has 0 spiro atoms. The van der Waals surface area contributed by atoms with Gasteiger partial charge in [0.2, 0.25) is 0 Å². The van der Waals surface area contributed by atoms with Crippen molar-refractivity contribution in [2.24, 2.45) is 0 Å². The Morgan fingerprint density at radius 1 is 0.571 bits per heavy atom. The number of rotatable bonds is 0. The van der Waals surface area contributed by atoms with Crippen molar-refractivity contribution in [1.29, 1.82) is 0 Å². The Balaban J connectivity index is 0. The van der Waals surface area contributed by atoms with Crippen LogP contribution in [0.3, 0.4) is 0 Å². The van der Waals surface area contributed by atoms with Gasteiger partial charge in [-0.2, -0.15) is 0 Å². The molecule has 0 fully saturated rings.